The van der Waals surface area contributed by atoms with Gasteiger partial charge in [-0.1, -0.05) is 30.3 Å². The van der Waals surface area contributed by atoms with Gasteiger partial charge in [-0.3, -0.25) is 5.43 Å². The number of ether oxygens (including phenoxy) is 1. The summed E-state index contributed by atoms with van der Waals surface area (Å²) in [5.41, 5.74) is 9.19. The second-order valence-corrected chi connectivity index (χ2v) is 4.71. The third kappa shape index (κ3) is 4.23. The van der Waals surface area contributed by atoms with E-state index in [4.69, 9.17) is 10.5 Å². The minimum atomic E-state index is -1.01. The molecule has 0 aromatic heterocycles. The second kappa shape index (κ2) is 7.46. The fourth-order valence-corrected chi connectivity index (χ4v) is 1.76. The quantitative estimate of drug-likeness (QED) is 0.505. The number of hydrogen-bond donors (Lipinski definition) is 2. The Bertz CT molecular complexity index is 707. The Labute approximate surface area is 131 Å². The van der Waals surface area contributed by atoms with E-state index in [0.29, 0.717) is 0 Å². The Kier molecular flexibility index (Phi) is 5.37. The summed E-state index contributed by atoms with van der Waals surface area (Å²) in [4.78, 5) is 0. The van der Waals surface area contributed by atoms with E-state index in [9.17, 15) is 8.78 Å². The smallest absolute Gasteiger partial charge is 0.200 e. The summed E-state index contributed by atoms with van der Waals surface area (Å²) in [7, 11) is 0. The summed E-state index contributed by atoms with van der Waals surface area (Å²) in [6, 6.07) is 11.0. The molecule has 0 unspecified atom stereocenters. The van der Waals surface area contributed by atoms with Crippen LogP contribution in [0.1, 0.15) is 11.1 Å². The Balaban J connectivity index is 2.11. The molecule has 0 atom stereocenters. The monoisotopic (exact) mass is 321 g/mol. The molecule has 0 saturated heterocycles. The molecule has 2 aromatic carbocycles. The van der Waals surface area contributed by atoms with E-state index in [1.165, 1.54) is 18.3 Å². The number of thiocarbonyl (C=S) groups is 1. The van der Waals surface area contributed by atoms with Crippen molar-refractivity contribution in [3.63, 3.8) is 0 Å². The van der Waals surface area contributed by atoms with Crippen LogP contribution in [0.5, 0.6) is 5.75 Å². The molecule has 0 aliphatic heterocycles. The third-order valence-electron chi connectivity index (χ3n) is 2.73. The lowest BCUT2D eigenvalue weighted by Crippen LogP contribution is -2.24. The Morgan fingerprint density at radius 1 is 1.23 bits per heavy atom. The Morgan fingerprint density at radius 2 is 2.00 bits per heavy atom. The van der Waals surface area contributed by atoms with Gasteiger partial charge in [0.15, 0.2) is 16.7 Å². The average molecular weight is 321 g/mol. The lowest BCUT2D eigenvalue weighted by atomic mass is 10.1. The molecular weight excluding hydrogens is 308 g/mol. The first kappa shape index (κ1) is 15.8. The number of halogens is 2. The fraction of sp³-hybridized carbons (Fsp3) is 0.0667. The summed E-state index contributed by atoms with van der Waals surface area (Å²) in [5.74, 6) is -2.11. The zero-order chi connectivity index (χ0) is 15.9. The van der Waals surface area contributed by atoms with Crippen LogP contribution >= 0.6 is 12.2 Å². The molecule has 0 aliphatic carbocycles. The molecule has 7 heteroatoms. The first-order valence-electron chi connectivity index (χ1n) is 6.31. The normalized spacial score (nSPS) is 10.6. The lowest BCUT2D eigenvalue weighted by molar-refractivity contribution is 0.284. The van der Waals surface area contributed by atoms with Crippen molar-refractivity contribution in [2.75, 3.05) is 0 Å². The molecule has 4 nitrogen and oxygen atoms in total. The molecule has 0 heterocycles. The van der Waals surface area contributed by atoms with Gasteiger partial charge in [-0.05, 0) is 29.9 Å². The van der Waals surface area contributed by atoms with Gasteiger partial charge in [0.25, 0.3) is 0 Å². The van der Waals surface area contributed by atoms with Gasteiger partial charge in [0, 0.05) is 5.56 Å². The van der Waals surface area contributed by atoms with Crippen LogP contribution in [0.3, 0.4) is 0 Å². The third-order valence-corrected chi connectivity index (χ3v) is 2.82. The molecule has 3 N–H and O–H groups in total. The van der Waals surface area contributed by atoms with Crippen molar-refractivity contribution in [2.24, 2.45) is 10.8 Å². The van der Waals surface area contributed by atoms with Crippen LogP contribution in [-0.2, 0) is 6.61 Å². The number of benzene rings is 2. The largest absolute Gasteiger partial charge is 0.486 e. The number of hydrogen-bond acceptors (Lipinski definition) is 3. The van der Waals surface area contributed by atoms with Crippen LogP contribution in [0.4, 0.5) is 8.78 Å². The van der Waals surface area contributed by atoms with Gasteiger partial charge in [-0.15, -0.1) is 0 Å². The summed E-state index contributed by atoms with van der Waals surface area (Å²) in [6.45, 7) is 0.0651. The predicted molar refractivity (Wildman–Crippen MR) is 84.6 cm³/mol. The van der Waals surface area contributed by atoms with Crippen molar-refractivity contribution < 1.29 is 13.5 Å². The van der Waals surface area contributed by atoms with Crippen LogP contribution in [0.25, 0.3) is 0 Å². The van der Waals surface area contributed by atoms with E-state index < -0.39 is 11.6 Å². The first-order chi connectivity index (χ1) is 10.6. The van der Waals surface area contributed by atoms with Gasteiger partial charge in [0.05, 0.1) is 6.21 Å². The molecule has 2 aromatic rings. The summed E-state index contributed by atoms with van der Waals surface area (Å²) >= 11 is 4.64. The molecule has 0 radical (unpaired) electrons. The second-order valence-electron chi connectivity index (χ2n) is 4.27. The molecular formula is C15H13F2N3OS. The fourth-order valence-electron chi connectivity index (χ4n) is 1.71. The number of nitrogens with one attached hydrogen (secondary N) is 1. The van der Waals surface area contributed by atoms with Gasteiger partial charge in [0.1, 0.15) is 6.61 Å². The first-order valence-corrected chi connectivity index (χ1v) is 6.72. The predicted octanol–water partition coefficient (Wildman–Crippen LogP) is 2.71. The summed E-state index contributed by atoms with van der Waals surface area (Å²) in [6.07, 6.45) is 1.51. The van der Waals surface area contributed by atoms with Crippen molar-refractivity contribution in [3.8, 4) is 5.75 Å². The Hall–Kier alpha value is -2.54. The highest BCUT2D eigenvalue weighted by Gasteiger charge is 2.09. The van der Waals surface area contributed by atoms with Crippen LogP contribution in [0, 0.1) is 11.6 Å². The minimum absolute atomic E-state index is 0.0480. The highest BCUT2D eigenvalue weighted by atomic mass is 32.1. The van der Waals surface area contributed by atoms with Gasteiger partial charge in [0.2, 0.25) is 5.82 Å². The van der Waals surface area contributed by atoms with Crippen molar-refractivity contribution in [1.29, 1.82) is 0 Å². The van der Waals surface area contributed by atoms with Crippen LogP contribution < -0.4 is 15.9 Å². The number of rotatable bonds is 5. The molecule has 0 fully saturated rings. The maximum absolute atomic E-state index is 13.5. The summed E-state index contributed by atoms with van der Waals surface area (Å²) < 4.78 is 32.0. The SMILES string of the molecule is NC(=S)NN=Cc1ccccc1COc1cccc(F)c1F. The number of hydrazone groups is 1. The lowest BCUT2D eigenvalue weighted by Gasteiger charge is -2.09. The van der Waals surface area contributed by atoms with Crippen molar-refractivity contribution >= 4 is 23.5 Å². The zero-order valence-electron chi connectivity index (χ0n) is 11.4. The van der Waals surface area contributed by atoms with Gasteiger partial charge >= 0.3 is 0 Å². The molecule has 22 heavy (non-hydrogen) atoms. The van der Waals surface area contributed by atoms with E-state index in [0.717, 1.165) is 17.2 Å². The maximum atomic E-state index is 13.5. The highest BCUT2D eigenvalue weighted by Crippen LogP contribution is 2.20. The van der Waals surface area contributed by atoms with Crippen molar-refractivity contribution in [3.05, 3.63) is 65.2 Å². The van der Waals surface area contributed by atoms with Crippen LogP contribution in [0.2, 0.25) is 0 Å². The number of nitrogens with two attached hydrogens (primary N) is 1. The van der Waals surface area contributed by atoms with Gasteiger partial charge in [-0.25, -0.2) is 4.39 Å². The minimum Gasteiger partial charge on any atom is -0.486 e. The summed E-state index contributed by atoms with van der Waals surface area (Å²) in [5, 5.41) is 3.91. The van der Waals surface area contributed by atoms with Crippen LogP contribution in [-0.4, -0.2) is 11.3 Å². The van der Waals surface area contributed by atoms with Gasteiger partial charge in [-0.2, -0.15) is 9.49 Å². The Morgan fingerprint density at radius 3 is 2.77 bits per heavy atom. The van der Waals surface area contributed by atoms with Crippen LogP contribution in [0.15, 0.2) is 47.6 Å². The molecule has 0 aliphatic rings. The standard InChI is InChI=1S/C15H13F2N3OS/c16-12-6-3-7-13(14(12)17)21-9-11-5-2-1-4-10(11)8-19-20-15(18)22/h1-8H,9H2,(H3,18,20,22). The highest BCUT2D eigenvalue weighted by molar-refractivity contribution is 7.80. The van der Waals surface area contributed by atoms with E-state index >= 15 is 0 Å². The van der Waals surface area contributed by atoms with Crippen molar-refractivity contribution in [2.45, 2.75) is 6.61 Å². The van der Waals surface area contributed by atoms with E-state index in [1.807, 2.05) is 6.07 Å². The maximum Gasteiger partial charge on any atom is 0.200 e. The molecule has 0 bridgehead atoms. The molecule has 0 spiro atoms. The topological polar surface area (TPSA) is 59.6 Å². The van der Waals surface area contributed by atoms with E-state index in [2.05, 4.69) is 22.7 Å². The molecule has 0 saturated carbocycles. The van der Waals surface area contributed by atoms with Gasteiger partial charge < -0.3 is 10.5 Å². The molecule has 0 amide bonds. The van der Waals surface area contributed by atoms with E-state index in [1.54, 1.807) is 18.2 Å². The molecule has 2 rings (SSSR count). The zero-order valence-corrected chi connectivity index (χ0v) is 12.2. The number of nitrogens with zero attached hydrogens (tertiary/aromatic N) is 1. The van der Waals surface area contributed by atoms with Crippen molar-refractivity contribution in [1.82, 2.24) is 5.43 Å². The van der Waals surface area contributed by atoms with E-state index in [-0.39, 0.29) is 17.5 Å². The average Bonchev–Trinajstić information content (AvgIpc) is 2.49. The molecule has 114 valence electrons.